The second-order valence-electron chi connectivity index (χ2n) is 6.37. The highest BCUT2D eigenvalue weighted by Gasteiger charge is 2.36. The molecule has 0 spiro atoms. The predicted octanol–water partition coefficient (Wildman–Crippen LogP) is 2.65. The van der Waals surface area contributed by atoms with Crippen molar-refractivity contribution < 1.29 is 0 Å². The van der Waals surface area contributed by atoms with Crippen LogP contribution >= 0.6 is 11.8 Å². The van der Waals surface area contributed by atoms with E-state index >= 15 is 0 Å². The van der Waals surface area contributed by atoms with Gasteiger partial charge in [-0.25, -0.2) is 0 Å². The molecule has 120 valence electrons. The maximum atomic E-state index is 6.23. The lowest BCUT2D eigenvalue weighted by Gasteiger charge is -2.44. The summed E-state index contributed by atoms with van der Waals surface area (Å²) in [5, 5.41) is 0. The highest BCUT2D eigenvalue weighted by atomic mass is 32.2. The number of nitrogens with zero attached hydrogens (tertiary/aromatic N) is 2. The van der Waals surface area contributed by atoms with E-state index in [0.717, 1.165) is 6.54 Å². The summed E-state index contributed by atoms with van der Waals surface area (Å²) in [6, 6.07) is 0.628. The quantitative estimate of drug-likeness (QED) is 0.747. The normalized spacial score (nSPS) is 26.7. The minimum absolute atomic E-state index is 0.223. The maximum Gasteiger partial charge on any atom is 0.0344 e. The summed E-state index contributed by atoms with van der Waals surface area (Å²) in [5.74, 6) is 1.24. The third-order valence-corrected chi connectivity index (χ3v) is 5.72. The van der Waals surface area contributed by atoms with Gasteiger partial charge in [0.1, 0.15) is 0 Å². The maximum absolute atomic E-state index is 6.23. The largest absolute Gasteiger partial charge is 0.329 e. The lowest BCUT2D eigenvalue weighted by Crippen LogP contribution is -2.55. The van der Waals surface area contributed by atoms with Crippen LogP contribution in [-0.2, 0) is 0 Å². The molecule has 0 amide bonds. The van der Waals surface area contributed by atoms with Crippen LogP contribution in [0.3, 0.4) is 0 Å². The SMILES string of the molecule is CCCN1CCCC(CN)(N(C)C(C)CCSC)CC1. The lowest BCUT2D eigenvalue weighted by molar-refractivity contribution is 0.0683. The number of rotatable bonds is 8. The molecule has 4 heteroatoms. The van der Waals surface area contributed by atoms with Gasteiger partial charge in [-0.05, 0) is 77.7 Å². The number of hydrogen-bond donors (Lipinski definition) is 1. The molecule has 2 atom stereocenters. The summed E-state index contributed by atoms with van der Waals surface area (Å²) in [4.78, 5) is 5.22. The molecule has 1 aliphatic heterocycles. The van der Waals surface area contributed by atoms with E-state index in [9.17, 15) is 0 Å². The molecule has 0 aromatic carbocycles. The minimum Gasteiger partial charge on any atom is -0.329 e. The molecule has 0 bridgehead atoms. The van der Waals surface area contributed by atoms with E-state index in [1.165, 1.54) is 57.5 Å². The Kier molecular flexibility index (Phi) is 8.49. The van der Waals surface area contributed by atoms with Crippen LogP contribution in [0.15, 0.2) is 0 Å². The molecule has 1 saturated heterocycles. The second kappa shape index (κ2) is 9.29. The molecule has 1 heterocycles. The summed E-state index contributed by atoms with van der Waals surface area (Å²) in [5.41, 5.74) is 6.45. The van der Waals surface area contributed by atoms with Crippen LogP contribution in [0.4, 0.5) is 0 Å². The monoisotopic (exact) mass is 301 g/mol. The number of likely N-dealkylation sites (N-methyl/N-ethyl adjacent to an activating group) is 1. The summed E-state index contributed by atoms with van der Waals surface area (Å²) < 4.78 is 0. The number of likely N-dealkylation sites (tertiary alicyclic amines) is 1. The molecule has 0 aromatic heterocycles. The molecule has 20 heavy (non-hydrogen) atoms. The zero-order valence-corrected chi connectivity index (χ0v) is 14.8. The average molecular weight is 302 g/mol. The Balaban J connectivity index is 2.65. The van der Waals surface area contributed by atoms with Gasteiger partial charge in [-0.15, -0.1) is 0 Å². The van der Waals surface area contributed by atoms with E-state index in [-0.39, 0.29) is 5.54 Å². The molecule has 2 unspecified atom stereocenters. The molecule has 3 nitrogen and oxygen atoms in total. The van der Waals surface area contributed by atoms with Crippen LogP contribution in [0.1, 0.15) is 46.0 Å². The van der Waals surface area contributed by atoms with Crippen molar-refractivity contribution in [1.29, 1.82) is 0 Å². The van der Waals surface area contributed by atoms with Gasteiger partial charge in [-0.1, -0.05) is 6.92 Å². The van der Waals surface area contributed by atoms with Crippen molar-refractivity contribution in [1.82, 2.24) is 9.80 Å². The smallest absolute Gasteiger partial charge is 0.0344 e. The first-order chi connectivity index (χ1) is 9.59. The van der Waals surface area contributed by atoms with Gasteiger partial charge in [0.2, 0.25) is 0 Å². The highest BCUT2D eigenvalue weighted by Crippen LogP contribution is 2.29. The topological polar surface area (TPSA) is 32.5 Å². The van der Waals surface area contributed by atoms with Gasteiger partial charge in [0, 0.05) is 18.1 Å². The molecule has 0 aliphatic carbocycles. The highest BCUT2D eigenvalue weighted by molar-refractivity contribution is 7.98. The van der Waals surface area contributed by atoms with Crippen molar-refractivity contribution in [2.75, 3.05) is 45.2 Å². The summed E-state index contributed by atoms with van der Waals surface area (Å²) in [7, 11) is 2.30. The summed E-state index contributed by atoms with van der Waals surface area (Å²) in [6.45, 7) is 9.15. The van der Waals surface area contributed by atoms with Crippen LogP contribution in [0.25, 0.3) is 0 Å². The van der Waals surface area contributed by atoms with Crippen molar-refractivity contribution in [2.45, 2.75) is 57.5 Å². The van der Waals surface area contributed by atoms with Crippen LogP contribution in [0, 0.1) is 0 Å². The van der Waals surface area contributed by atoms with Gasteiger partial charge >= 0.3 is 0 Å². The van der Waals surface area contributed by atoms with Crippen LogP contribution in [-0.4, -0.2) is 66.6 Å². The summed E-state index contributed by atoms with van der Waals surface area (Å²) >= 11 is 1.95. The second-order valence-corrected chi connectivity index (χ2v) is 7.35. The fraction of sp³-hybridized carbons (Fsp3) is 1.00. The van der Waals surface area contributed by atoms with Gasteiger partial charge in [-0.3, -0.25) is 4.90 Å². The number of nitrogens with two attached hydrogens (primary N) is 1. The van der Waals surface area contributed by atoms with Crippen LogP contribution in [0.5, 0.6) is 0 Å². The first-order valence-corrected chi connectivity index (χ1v) is 9.63. The third kappa shape index (κ3) is 4.90. The molecule has 1 rings (SSSR count). The van der Waals surface area contributed by atoms with Crippen molar-refractivity contribution in [3.05, 3.63) is 0 Å². The first kappa shape index (κ1) is 18.3. The Morgan fingerprint density at radius 2 is 2.10 bits per heavy atom. The Morgan fingerprint density at radius 1 is 1.35 bits per heavy atom. The standard InChI is InChI=1S/C16H35N3S/c1-5-10-19-11-6-8-16(14-17,9-12-19)18(3)15(2)7-13-20-4/h15H,5-14,17H2,1-4H3. The Labute approximate surface area is 130 Å². The van der Waals surface area contributed by atoms with Crippen LogP contribution < -0.4 is 5.73 Å². The van der Waals surface area contributed by atoms with Crippen molar-refractivity contribution in [3.8, 4) is 0 Å². The zero-order valence-electron chi connectivity index (χ0n) is 14.0. The van der Waals surface area contributed by atoms with Gasteiger partial charge in [0.25, 0.3) is 0 Å². The van der Waals surface area contributed by atoms with Crippen LogP contribution in [0.2, 0.25) is 0 Å². The fourth-order valence-electron chi connectivity index (χ4n) is 3.42. The molecule has 0 aromatic rings. The Bertz CT molecular complexity index is 262. The molecule has 1 fully saturated rings. The third-order valence-electron chi connectivity index (χ3n) is 5.08. The fourth-order valence-corrected chi connectivity index (χ4v) is 4.00. The van der Waals surface area contributed by atoms with E-state index in [2.05, 4.69) is 37.0 Å². The number of hydrogen-bond acceptors (Lipinski definition) is 4. The van der Waals surface area contributed by atoms with Crippen molar-refractivity contribution in [3.63, 3.8) is 0 Å². The average Bonchev–Trinajstić information content (AvgIpc) is 2.67. The zero-order chi connectivity index (χ0) is 15.0. The van der Waals surface area contributed by atoms with Gasteiger partial charge in [0.15, 0.2) is 0 Å². The van der Waals surface area contributed by atoms with E-state index in [1.807, 2.05) is 11.8 Å². The van der Waals surface area contributed by atoms with Gasteiger partial charge in [0.05, 0.1) is 0 Å². The number of thioether (sulfide) groups is 1. The Morgan fingerprint density at radius 3 is 2.70 bits per heavy atom. The van der Waals surface area contributed by atoms with E-state index in [1.54, 1.807) is 0 Å². The van der Waals surface area contributed by atoms with E-state index < -0.39 is 0 Å². The van der Waals surface area contributed by atoms with Gasteiger partial charge in [-0.2, -0.15) is 11.8 Å². The minimum atomic E-state index is 0.223. The first-order valence-electron chi connectivity index (χ1n) is 8.24. The molecular formula is C16H35N3S. The summed E-state index contributed by atoms with van der Waals surface area (Å²) in [6.07, 6.45) is 8.48. The molecule has 0 saturated carbocycles. The predicted molar refractivity (Wildman–Crippen MR) is 92.6 cm³/mol. The van der Waals surface area contributed by atoms with E-state index in [0.29, 0.717) is 6.04 Å². The van der Waals surface area contributed by atoms with Crippen molar-refractivity contribution in [2.24, 2.45) is 5.73 Å². The molecule has 1 aliphatic rings. The molecule has 0 radical (unpaired) electrons. The van der Waals surface area contributed by atoms with Gasteiger partial charge < -0.3 is 10.6 Å². The lowest BCUT2D eigenvalue weighted by atomic mass is 9.87. The van der Waals surface area contributed by atoms with Crippen molar-refractivity contribution >= 4 is 11.8 Å². The molecular weight excluding hydrogens is 266 g/mol. The van der Waals surface area contributed by atoms with E-state index in [4.69, 9.17) is 5.73 Å². The molecule has 2 N–H and O–H groups in total. The Hall–Kier alpha value is 0.230.